The number of hydrogen-bond acceptors (Lipinski definition) is 3. The minimum absolute atomic E-state index is 0. The summed E-state index contributed by atoms with van der Waals surface area (Å²) < 4.78 is 6.46. The van der Waals surface area contributed by atoms with Crippen molar-refractivity contribution in [2.75, 3.05) is 27.3 Å². The predicted molar refractivity (Wildman–Crippen MR) is 113 cm³/mol. The zero-order chi connectivity index (χ0) is 15.8. The Hall–Kier alpha value is 0.140. The Morgan fingerprint density at radius 3 is 2.65 bits per heavy atom. The summed E-state index contributed by atoms with van der Waals surface area (Å²) in [5, 5.41) is 6.91. The molecule has 1 fully saturated rings. The standard InChI is InChI=1S/C16H26BrN3OS.HI/c1-18-15(19-11-13-5-6-14(17)22-13)20-12-16(9-10-21-2)7-3-4-8-16;/h5-6H,3-4,7-12H2,1-2H3,(H2,18,19,20);1H. The van der Waals surface area contributed by atoms with Gasteiger partial charge in [-0.05, 0) is 52.7 Å². The molecule has 23 heavy (non-hydrogen) atoms. The van der Waals surface area contributed by atoms with E-state index in [1.807, 2.05) is 7.05 Å². The van der Waals surface area contributed by atoms with Crippen LogP contribution in [0.5, 0.6) is 0 Å². The Morgan fingerprint density at radius 1 is 1.35 bits per heavy atom. The summed E-state index contributed by atoms with van der Waals surface area (Å²) in [4.78, 5) is 5.63. The first kappa shape index (κ1) is 21.2. The van der Waals surface area contributed by atoms with E-state index in [0.717, 1.165) is 35.9 Å². The lowest BCUT2D eigenvalue weighted by atomic mass is 9.83. The summed E-state index contributed by atoms with van der Waals surface area (Å²) in [6.45, 7) is 2.63. The number of halogens is 2. The molecule has 1 aliphatic rings. The van der Waals surface area contributed by atoms with E-state index in [-0.39, 0.29) is 24.0 Å². The van der Waals surface area contributed by atoms with Crippen molar-refractivity contribution in [3.8, 4) is 0 Å². The van der Waals surface area contributed by atoms with E-state index in [9.17, 15) is 0 Å². The number of thiophene rings is 1. The highest BCUT2D eigenvalue weighted by Crippen LogP contribution is 2.40. The molecule has 0 saturated heterocycles. The van der Waals surface area contributed by atoms with Crippen molar-refractivity contribution in [2.45, 2.75) is 38.6 Å². The van der Waals surface area contributed by atoms with Gasteiger partial charge in [0.05, 0.1) is 10.3 Å². The second-order valence-corrected chi connectivity index (χ2v) is 8.48. The van der Waals surface area contributed by atoms with Crippen molar-refractivity contribution >= 4 is 57.2 Å². The van der Waals surface area contributed by atoms with Gasteiger partial charge in [-0.1, -0.05) is 12.8 Å². The number of nitrogens with one attached hydrogen (secondary N) is 2. The lowest BCUT2D eigenvalue weighted by Crippen LogP contribution is -2.43. The minimum Gasteiger partial charge on any atom is -0.385 e. The van der Waals surface area contributed by atoms with Gasteiger partial charge < -0.3 is 15.4 Å². The van der Waals surface area contributed by atoms with E-state index < -0.39 is 0 Å². The minimum atomic E-state index is 0. The van der Waals surface area contributed by atoms with Gasteiger partial charge in [-0.15, -0.1) is 35.3 Å². The molecule has 2 N–H and O–H groups in total. The van der Waals surface area contributed by atoms with Crippen molar-refractivity contribution in [3.05, 3.63) is 20.8 Å². The maximum absolute atomic E-state index is 5.29. The van der Waals surface area contributed by atoms with Crippen molar-refractivity contribution in [3.63, 3.8) is 0 Å². The molecule has 0 amide bonds. The summed E-state index contributed by atoms with van der Waals surface area (Å²) in [6.07, 6.45) is 6.38. The highest BCUT2D eigenvalue weighted by atomic mass is 127. The average Bonchev–Trinajstić information content (AvgIpc) is 3.15. The smallest absolute Gasteiger partial charge is 0.191 e. The first-order valence-corrected chi connectivity index (χ1v) is 9.46. The van der Waals surface area contributed by atoms with Crippen LogP contribution in [0.4, 0.5) is 0 Å². The molecule has 7 heteroatoms. The highest BCUT2D eigenvalue weighted by Gasteiger charge is 2.33. The van der Waals surface area contributed by atoms with Crippen molar-refractivity contribution in [1.29, 1.82) is 0 Å². The molecule has 1 aromatic heterocycles. The third-order valence-electron chi connectivity index (χ3n) is 4.41. The molecule has 1 saturated carbocycles. The normalized spacial score (nSPS) is 16.9. The van der Waals surface area contributed by atoms with E-state index in [1.165, 1.54) is 30.6 Å². The Balaban J connectivity index is 0.00000264. The van der Waals surface area contributed by atoms with Gasteiger partial charge in [0, 0.05) is 32.2 Å². The summed E-state index contributed by atoms with van der Waals surface area (Å²) in [6, 6.07) is 4.21. The Kier molecular flexibility index (Phi) is 10.0. The second kappa shape index (κ2) is 10.9. The Labute approximate surface area is 169 Å². The van der Waals surface area contributed by atoms with Gasteiger partial charge in [0.1, 0.15) is 0 Å². The first-order valence-electron chi connectivity index (χ1n) is 7.85. The average molecular weight is 516 g/mol. The molecular formula is C16H27BrIN3OS. The number of aliphatic imine (C=N–C) groups is 1. The quantitative estimate of drug-likeness (QED) is 0.321. The summed E-state index contributed by atoms with van der Waals surface area (Å²) >= 11 is 5.24. The Morgan fingerprint density at radius 2 is 2.09 bits per heavy atom. The molecule has 0 radical (unpaired) electrons. The number of nitrogens with zero attached hydrogens (tertiary/aromatic N) is 1. The van der Waals surface area contributed by atoms with E-state index >= 15 is 0 Å². The maximum Gasteiger partial charge on any atom is 0.191 e. The number of rotatable bonds is 7. The summed E-state index contributed by atoms with van der Waals surface area (Å²) in [5.41, 5.74) is 0.375. The van der Waals surface area contributed by atoms with Gasteiger partial charge in [-0.25, -0.2) is 0 Å². The van der Waals surface area contributed by atoms with Crippen LogP contribution in [-0.2, 0) is 11.3 Å². The predicted octanol–water partition coefficient (Wildman–Crippen LogP) is 4.39. The van der Waals surface area contributed by atoms with Gasteiger partial charge in [0.25, 0.3) is 0 Å². The van der Waals surface area contributed by atoms with E-state index in [4.69, 9.17) is 4.74 Å². The third kappa shape index (κ3) is 6.88. The van der Waals surface area contributed by atoms with Crippen LogP contribution in [0.2, 0.25) is 0 Å². The molecule has 0 spiro atoms. The molecule has 0 aromatic carbocycles. The molecule has 1 aliphatic carbocycles. The number of guanidine groups is 1. The van der Waals surface area contributed by atoms with E-state index in [2.05, 4.69) is 43.7 Å². The summed E-state index contributed by atoms with van der Waals surface area (Å²) in [7, 11) is 3.62. The molecule has 0 unspecified atom stereocenters. The Bertz CT molecular complexity index is 489. The van der Waals surface area contributed by atoms with Crippen molar-refractivity contribution < 1.29 is 4.74 Å². The number of methoxy groups -OCH3 is 1. The van der Waals surface area contributed by atoms with Gasteiger partial charge in [0.15, 0.2) is 5.96 Å². The maximum atomic E-state index is 5.29. The van der Waals surface area contributed by atoms with Crippen LogP contribution in [0.25, 0.3) is 0 Å². The lowest BCUT2D eigenvalue weighted by molar-refractivity contribution is 0.138. The van der Waals surface area contributed by atoms with Crippen LogP contribution in [0.15, 0.2) is 20.9 Å². The second-order valence-electron chi connectivity index (χ2n) is 5.94. The zero-order valence-electron chi connectivity index (χ0n) is 13.9. The van der Waals surface area contributed by atoms with Gasteiger partial charge >= 0.3 is 0 Å². The van der Waals surface area contributed by atoms with Gasteiger partial charge in [-0.3, -0.25) is 4.99 Å². The molecule has 0 aliphatic heterocycles. The monoisotopic (exact) mass is 515 g/mol. The third-order valence-corrected chi connectivity index (χ3v) is 6.04. The topological polar surface area (TPSA) is 45.7 Å². The molecule has 0 bridgehead atoms. The van der Waals surface area contributed by atoms with E-state index in [0.29, 0.717) is 5.41 Å². The zero-order valence-corrected chi connectivity index (χ0v) is 18.6. The van der Waals surface area contributed by atoms with Gasteiger partial charge in [0.2, 0.25) is 0 Å². The van der Waals surface area contributed by atoms with Crippen LogP contribution in [-0.4, -0.2) is 33.3 Å². The molecule has 2 rings (SSSR count). The SMILES string of the molecule is CN=C(NCc1ccc(Br)s1)NCC1(CCOC)CCCC1.I. The molecule has 0 atom stereocenters. The van der Waals surface area contributed by atoms with E-state index in [1.54, 1.807) is 18.4 Å². The lowest BCUT2D eigenvalue weighted by Gasteiger charge is -2.29. The number of ether oxygens (including phenoxy) is 1. The molecule has 4 nitrogen and oxygen atoms in total. The van der Waals surface area contributed by atoms with Crippen LogP contribution in [0.1, 0.15) is 37.0 Å². The van der Waals surface area contributed by atoms with Gasteiger partial charge in [-0.2, -0.15) is 0 Å². The molecule has 1 heterocycles. The fraction of sp³-hybridized carbons (Fsp3) is 0.688. The highest BCUT2D eigenvalue weighted by molar-refractivity contribution is 14.0. The molecular weight excluding hydrogens is 489 g/mol. The van der Waals surface area contributed by atoms with Crippen LogP contribution in [0, 0.1) is 5.41 Å². The van der Waals surface area contributed by atoms with Crippen LogP contribution < -0.4 is 10.6 Å². The van der Waals surface area contributed by atoms with Crippen LogP contribution >= 0.6 is 51.2 Å². The fourth-order valence-corrected chi connectivity index (χ4v) is 4.49. The molecule has 1 aromatic rings. The first-order chi connectivity index (χ1) is 10.7. The molecule has 132 valence electrons. The number of hydrogen-bond donors (Lipinski definition) is 2. The van der Waals surface area contributed by atoms with Crippen LogP contribution in [0.3, 0.4) is 0 Å². The fourth-order valence-electron chi connectivity index (χ4n) is 3.07. The largest absolute Gasteiger partial charge is 0.385 e. The van der Waals surface area contributed by atoms with Crippen molar-refractivity contribution in [1.82, 2.24) is 10.6 Å². The van der Waals surface area contributed by atoms with Crippen molar-refractivity contribution in [2.24, 2.45) is 10.4 Å². The summed E-state index contributed by atoms with van der Waals surface area (Å²) in [5.74, 6) is 0.883.